The number of nitrogens with one attached hydrogen (secondary N) is 3. The molecule has 0 aromatic carbocycles. The summed E-state index contributed by atoms with van der Waals surface area (Å²) in [5.41, 5.74) is 0. The van der Waals surface area contributed by atoms with Crippen LogP contribution in [0.5, 0.6) is 0 Å². The zero-order valence-corrected chi connectivity index (χ0v) is 17.4. The quantitative estimate of drug-likeness (QED) is 0.538. The number of amides is 1. The summed E-state index contributed by atoms with van der Waals surface area (Å²) in [5, 5.41) is 5.84. The van der Waals surface area contributed by atoms with Crippen molar-refractivity contribution in [2.75, 3.05) is 41.7 Å². The summed E-state index contributed by atoms with van der Waals surface area (Å²) in [5.74, 6) is 1.93. The third kappa shape index (κ3) is 5.36. The van der Waals surface area contributed by atoms with Crippen LogP contribution in [0.3, 0.4) is 0 Å². The number of anilines is 3. The number of hydrogen-bond donors (Lipinski definition) is 3. The Morgan fingerprint density at radius 2 is 2.00 bits per heavy atom. The summed E-state index contributed by atoms with van der Waals surface area (Å²) >= 11 is 0.901. The van der Waals surface area contributed by atoms with Crippen molar-refractivity contribution in [1.29, 1.82) is 0 Å². The molecule has 12 heteroatoms. The Kier molecular flexibility index (Phi) is 6.42. The Balaban J connectivity index is 1.53. The van der Waals surface area contributed by atoms with Crippen LogP contribution >= 0.6 is 11.3 Å². The van der Waals surface area contributed by atoms with E-state index < -0.39 is 10.0 Å². The molecule has 3 N–H and O–H groups in total. The van der Waals surface area contributed by atoms with E-state index in [2.05, 4.69) is 35.2 Å². The maximum Gasteiger partial charge on any atom is 0.251 e. The van der Waals surface area contributed by atoms with Gasteiger partial charge in [0.15, 0.2) is 9.34 Å². The fraction of sp³-hybridized carbons (Fsp3) is 0.500. The molecule has 0 aliphatic carbocycles. The van der Waals surface area contributed by atoms with Gasteiger partial charge in [0.05, 0.1) is 6.20 Å². The molecule has 0 unspecified atom stereocenters. The van der Waals surface area contributed by atoms with Gasteiger partial charge in [0, 0.05) is 39.2 Å². The van der Waals surface area contributed by atoms with E-state index in [0.29, 0.717) is 18.2 Å². The van der Waals surface area contributed by atoms with Crippen molar-refractivity contribution in [1.82, 2.24) is 19.7 Å². The first-order valence-electron chi connectivity index (χ1n) is 8.91. The molecule has 0 radical (unpaired) electrons. The molecule has 0 saturated carbocycles. The molecule has 3 rings (SSSR count). The molecule has 1 aliphatic rings. The minimum Gasteiger partial charge on any atom is -0.369 e. The van der Waals surface area contributed by atoms with Crippen LogP contribution in [0, 0.1) is 6.92 Å². The van der Waals surface area contributed by atoms with Gasteiger partial charge in [0.2, 0.25) is 5.91 Å². The zero-order chi connectivity index (χ0) is 20.1. The van der Waals surface area contributed by atoms with Gasteiger partial charge in [-0.2, -0.15) is 0 Å². The molecule has 1 aliphatic heterocycles. The molecule has 1 amide bonds. The maximum atomic E-state index is 12.3. The molecule has 2 aromatic heterocycles. The van der Waals surface area contributed by atoms with Gasteiger partial charge in [-0.15, -0.1) is 0 Å². The minimum absolute atomic E-state index is 0.0467. The number of sulfonamides is 1. The first-order chi connectivity index (χ1) is 13.3. The lowest BCUT2D eigenvalue weighted by atomic mass is 10.4. The Labute approximate surface area is 167 Å². The lowest BCUT2D eigenvalue weighted by Crippen LogP contribution is -2.28. The number of carbonyl (C=O) groups excluding carboxylic acids is 1. The second-order valence-corrected chi connectivity index (χ2v) is 9.37. The number of carbonyl (C=O) groups is 1. The van der Waals surface area contributed by atoms with E-state index in [4.69, 9.17) is 0 Å². The Hall–Kier alpha value is -2.31. The van der Waals surface area contributed by atoms with Crippen LogP contribution in [-0.2, 0) is 14.8 Å². The summed E-state index contributed by atoms with van der Waals surface area (Å²) in [7, 11) is -3.69. The maximum absolute atomic E-state index is 12.3. The largest absolute Gasteiger partial charge is 0.369 e. The van der Waals surface area contributed by atoms with Crippen molar-refractivity contribution < 1.29 is 13.2 Å². The second-order valence-electron chi connectivity index (χ2n) is 6.34. The van der Waals surface area contributed by atoms with E-state index in [0.717, 1.165) is 43.1 Å². The number of thiazole rings is 1. The van der Waals surface area contributed by atoms with Gasteiger partial charge < -0.3 is 15.5 Å². The van der Waals surface area contributed by atoms with Crippen LogP contribution in [-0.4, -0.2) is 55.5 Å². The molecular weight excluding hydrogens is 402 g/mol. The molecule has 0 atom stereocenters. The Morgan fingerprint density at radius 3 is 2.71 bits per heavy atom. The van der Waals surface area contributed by atoms with Crippen LogP contribution in [0.25, 0.3) is 0 Å². The number of aryl methyl sites for hydroxylation is 1. The van der Waals surface area contributed by atoms with E-state index in [-0.39, 0.29) is 21.8 Å². The zero-order valence-electron chi connectivity index (χ0n) is 15.7. The molecule has 152 valence electrons. The van der Waals surface area contributed by atoms with Crippen molar-refractivity contribution >= 4 is 44.0 Å². The standard InChI is InChI=1S/C16H23N7O3S2/c1-11-20-13(9-14(21-11)23-7-3-4-8-23)17-5-6-19-28(25,26)15-10-18-16(27-15)22-12(2)24/h9-10,19H,3-8H2,1-2H3,(H,17,20,21)(H,18,22,24). The summed E-state index contributed by atoms with van der Waals surface area (Å²) in [4.78, 5) is 26.0. The highest BCUT2D eigenvalue weighted by Crippen LogP contribution is 2.22. The highest BCUT2D eigenvalue weighted by atomic mass is 32.2. The highest BCUT2D eigenvalue weighted by molar-refractivity contribution is 7.91. The number of aromatic nitrogens is 3. The van der Waals surface area contributed by atoms with Crippen LogP contribution in [0.4, 0.5) is 16.8 Å². The highest BCUT2D eigenvalue weighted by Gasteiger charge is 2.18. The van der Waals surface area contributed by atoms with Crippen molar-refractivity contribution in [2.45, 2.75) is 30.9 Å². The number of rotatable bonds is 8. The predicted octanol–water partition coefficient (Wildman–Crippen LogP) is 1.19. The van der Waals surface area contributed by atoms with Crippen LogP contribution in [0.2, 0.25) is 0 Å². The smallest absolute Gasteiger partial charge is 0.251 e. The topological polar surface area (TPSA) is 129 Å². The molecule has 2 aromatic rings. The van der Waals surface area contributed by atoms with Crippen molar-refractivity contribution in [3.63, 3.8) is 0 Å². The molecule has 3 heterocycles. The fourth-order valence-electron chi connectivity index (χ4n) is 2.79. The first kappa shape index (κ1) is 20.4. The van der Waals surface area contributed by atoms with Gasteiger partial charge in [0.1, 0.15) is 17.5 Å². The third-order valence-corrected chi connectivity index (χ3v) is 6.84. The molecule has 10 nitrogen and oxygen atoms in total. The normalized spacial score (nSPS) is 14.3. The third-order valence-electron chi connectivity index (χ3n) is 4.01. The SMILES string of the molecule is CC(=O)Nc1ncc(S(=O)(=O)NCCNc2cc(N3CCCC3)nc(C)n2)s1. The number of hydrogen-bond acceptors (Lipinski definition) is 9. The molecule has 0 spiro atoms. The van der Waals surface area contributed by atoms with E-state index in [1.807, 2.05) is 13.0 Å². The monoisotopic (exact) mass is 425 g/mol. The van der Waals surface area contributed by atoms with E-state index in [1.165, 1.54) is 13.1 Å². The minimum atomic E-state index is -3.69. The average molecular weight is 426 g/mol. The first-order valence-corrected chi connectivity index (χ1v) is 11.2. The second kappa shape index (κ2) is 8.80. The lowest BCUT2D eigenvalue weighted by molar-refractivity contribution is -0.114. The van der Waals surface area contributed by atoms with Crippen molar-refractivity contribution in [2.24, 2.45) is 0 Å². The average Bonchev–Trinajstić information content (AvgIpc) is 3.30. The Morgan fingerprint density at radius 1 is 1.25 bits per heavy atom. The number of nitrogens with zero attached hydrogens (tertiary/aromatic N) is 4. The van der Waals surface area contributed by atoms with Crippen LogP contribution in [0.15, 0.2) is 16.5 Å². The molecule has 1 saturated heterocycles. The van der Waals surface area contributed by atoms with E-state index in [1.54, 1.807) is 0 Å². The van der Waals surface area contributed by atoms with Gasteiger partial charge in [-0.25, -0.2) is 28.1 Å². The van der Waals surface area contributed by atoms with Crippen molar-refractivity contribution in [3.05, 3.63) is 18.1 Å². The van der Waals surface area contributed by atoms with Gasteiger partial charge in [-0.1, -0.05) is 11.3 Å². The summed E-state index contributed by atoms with van der Waals surface area (Å²) in [6, 6.07) is 1.88. The Bertz CT molecular complexity index is 939. The van der Waals surface area contributed by atoms with Gasteiger partial charge in [-0.05, 0) is 19.8 Å². The van der Waals surface area contributed by atoms with Crippen LogP contribution < -0.4 is 20.3 Å². The fourth-order valence-corrected chi connectivity index (χ4v) is 4.94. The van der Waals surface area contributed by atoms with E-state index >= 15 is 0 Å². The lowest BCUT2D eigenvalue weighted by Gasteiger charge is -2.17. The summed E-state index contributed by atoms with van der Waals surface area (Å²) < 4.78 is 27.2. The molecule has 28 heavy (non-hydrogen) atoms. The molecule has 0 bridgehead atoms. The van der Waals surface area contributed by atoms with Gasteiger partial charge >= 0.3 is 0 Å². The van der Waals surface area contributed by atoms with Crippen LogP contribution in [0.1, 0.15) is 25.6 Å². The van der Waals surface area contributed by atoms with Gasteiger partial charge in [0.25, 0.3) is 10.0 Å². The van der Waals surface area contributed by atoms with Gasteiger partial charge in [-0.3, -0.25) is 4.79 Å². The summed E-state index contributed by atoms with van der Waals surface area (Å²) in [6.07, 6.45) is 3.55. The predicted molar refractivity (Wildman–Crippen MR) is 108 cm³/mol. The molecular formula is C16H23N7O3S2. The summed E-state index contributed by atoms with van der Waals surface area (Å²) in [6.45, 7) is 5.70. The molecule has 1 fully saturated rings. The van der Waals surface area contributed by atoms with E-state index in [9.17, 15) is 13.2 Å². The van der Waals surface area contributed by atoms with Crippen molar-refractivity contribution in [3.8, 4) is 0 Å².